The van der Waals surface area contributed by atoms with Crippen molar-refractivity contribution in [1.29, 1.82) is 5.26 Å². The highest BCUT2D eigenvalue weighted by molar-refractivity contribution is 7.98. The first kappa shape index (κ1) is 12.5. The fraction of sp³-hybridized carbons (Fsp3) is 0.0714. The highest BCUT2D eigenvalue weighted by Crippen LogP contribution is 2.28. The molecular formula is C14H9N3O2S. The van der Waals surface area contributed by atoms with Crippen LogP contribution < -0.4 is 5.56 Å². The van der Waals surface area contributed by atoms with Crippen molar-refractivity contribution in [2.75, 3.05) is 6.26 Å². The number of aromatic nitrogens is 2. The zero-order valence-corrected chi connectivity index (χ0v) is 11.3. The molecule has 5 nitrogen and oxygen atoms in total. The number of rotatable bonds is 2. The smallest absolute Gasteiger partial charge is 0.270 e. The van der Waals surface area contributed by atoms with Gasteiger partial charge in [-0.3, -0.25) is 4.79 Å². The molecule has 6 heteroatoms. The SMILES string of the molecule is CSc1nc(-c2cc3ccccc3o2)c(C#N)c(=O)[nH]1. The lowest BCUT2D eigenvalue weighted by molar-refractivity contribution is 0.626. The molecule has 2 aromatic heterocycles. The van der Waals surface area contributed by atoms with Crippen molar-refractivity contribution in [3.63, 3.8) is 0 Å². The Hall–Kier alpha value is -2.52. The lowest BCUT2D eigenvalue weighted by Gasteiger charge is -2.01. The van der Waals surface area contributed by atoms with E-state index in [9.17, 15) is 4.79 Å². The maximum absolute atomic E-state index is 11.9. The van der Waals surface area contributed by atoms with E-state index in [0.29, 0.717) is 16.5 Å². The highest BCUT2D eigenvalue weighted by atomic mass is 32.2. The summed E-state index contributed by atoms with van der Waals surface area (Å²) in [4.78, 5) is 18.7. The average molecular weight is 283 g/mol. The maximum Gasteiger partial charge on any atom is 0.270 e. The Kier molecular flexibility index (Phi) is 3.05. The minimum atomic E-state index is -0.456. The topological polar surface area (TPSA) is 82.7 Å². The van der Waals surface area contributed by atoms with Gasteiger partial charge in [0.2, 0.25) is 0 Å². The Balaban J connectivity index is 2.30. The van der Waals surface area contributed by atoms with Crippen molar-refractivity contribution in [2.24, 2.45) is 0 Å². The molecule has 0 aliphatic heterocycles. The van der Waals surface area contributed by atoms with E-state index in [1.54, 1.807) is 12.3 Å². The summed E-state index contributed by atoms with van der Waals surface area (Å²) in [6.07, 6.45) is 1.80. The van der Waals surface area contributed by atoms with Gasteiger partial charge in [-0.15, -0.1) is 0 Å². The largest absolute Gasteiger partial charge is 0.454 e. The van der Waals surface area contributed by atoms with Crippen molar-refractivity contribution in [3.8, 4) is 17.5 Å². The second-order valence-corrected chi connectivity index (χ2v) is 4.85. The molecule has 0 radical (unpaired) electrons. The summed E-state index contributed by atoms with van der Waals surface area (Å²) >= 11 is 1.30. The summed E-state index contributed by atoms with van der Waals surface area (Å²) < 4.78 is 5.68. The van der Waals surface area contributed by atoms with Crippen molar-refractivity contribution < 1.29 is 4.42 Å². The molecule has 0 saturated carbocycles. The van der Waals surface area contributed by atoms with Gasteiger partial charge in [-0.25, -0.2) is 4.98 Å². The van der Waals surface area contributed by atoms with Gasteiger partial charge in [0.1, 0.15) is 22.9 Å². The van der Waals surface area contributed by atoms with Crippen LogP contribution >= 0.6 is 11.8 Å². The molecule has 3 rings (SSSR count). The van der Waals surface area contributed by atoms with Crippen molar-refractivity contribution in [2.45, 2.75) is 5.16 Å². The van der Waals surface area contributed by atoms with E-state index in [-0.39, 0.29) is 11.3 Å². The third-order valence-corrected chi connectivity index (χ3v) is 3.44. The number of fused-ring (bicyclic) bond motifs is 1. The number of nitrogens with zero attached hydrogens (tertiary/aromatic N) is 2. The molecule has 0 unspecified atom stereocenters. The van der Waals surface area contributed by atoms with Crippen LogP contribution in [0.2, 0.25) is 0 Å². The molecule has 0 fully saturated rings. The molecule has 2 heterocycles. The van der Waals surface area contributed by atoms with Crippen LogP contribution in [0.4, 0.5) is 0 Å². The molecule has 0 aliphatic rings. The summed E-state index contributed by atoms with van der Waals surface area (Å²) in [5.41, 5.74) is 0.472. The van der Waals surface area contributed by atoms with Gasteiger partial charge in [0.15, 0.2) is 10.9 Å². The van der Waals surface area contributed by atoms with Crippen LogP contribution in [0.3, 0.4) is 0 Å². The third-order valence-electron chi connectivity index (χ3n) is 2.86. The third kappa shape index (κ3) is 1.98. The van der Waals surface area contributed by atoms with Gasteiger partial charge in [0.25, 0.3) is 5.56 Å². The van der Waals surface area contributed by atoms with Crippen LogP contribution in [-0.4, -0.2) is 16.2 Å². The summed E-state index contributed by atoms with van der Waals surface area (Å²) in [5.74, 6) is 0.421. The number of benzene rings is 1. The molecule has 98 valence electrons. The monoisotopic (exact) mass is 283 g/mol. The predicted octanol–water partition coefficient (Wildman–Crippen LogP) is 2.78. The minimum absolute atomic E-state index is 0.0399. The molecule has 0 amide bonds. The van der Waals surface area contributed by atoms with E-state index in [4.69, 9.17) is 9.68 Å². The Morgan fingerprint density at radius 3 is 2.90 bits per heavy atom. The minimum Gasteiger partial charge on any atom is -0.454 e. The normalized spacial score (nSPS) is 10.6. The Morgan fingerprint density at radius 1 is 1.40 bits per heavy atom. The molecule has 0 spiro atoms. The van der Waals surface area contributed by atoms with Crippen molar-refractivity contribution in [1.82, 2.24) is 9.97 Å². The predicted molar refractivity (Wildman–Crippen MR) is 76.6 cm³/mol. The Morgan fingerprint density at radius 2 is 2.20 bits per heavy atom. The van der Waals surface area contributed by atoms with Gasteiger partial charge in [-0.05, 0) is 18.4 Å². The van der Waals surface area contributed by atoms with Crippen LogP contribution in [-0.2, 0) is 0 Å². The molecule has 1 aromatic carbocycles. The number of nitrogens with one attached hydrogen (secondary N) is 1. The lowest BCUT2D eigenvalue weighted by atomic mass is 10.2. The number of nitriles is 1. The van der Waals surface area contributed by atoms with E-state index in [0.717, 1.165) is 5.39 Å². The van der Waals surface area contributed by atoms with Crippen LogP contribution in [0.5, 0.6) is 0 Å². The zero-order chi connectivity index (χ0) is 14.1. The number of thioether (sulfide) groups is 1. The van der Waals surface area contributed by atoms with E-state index < -0.39 is 5.56 Å². The number of H-pyrrole nitrogens is 1. The van der Waals surface area contributed by atoms with E-state index >= 15 is 0 Å². The second kappa shape index (κ2) is 4.87. The van der Waals surface area contributed by atoms with Crippen LogP contribution in [0.15, 0.2) is 44.7 Å². The lowest BCUT2D eigenvalue weighted by Crippen LogP contribution is -2.14. The van der Waals surface area contributed by atoms with E-state index in [1.807, 2.05) is 30.3 Å². The molecule has 0 bridgehead atoms. The van der Waals surface area contributed by atoms with Gasteiger partial charge in [0, 0.05) is 5.39 Å². The molecule has 0 atom stereocenters. The quantitative estimate of drug-likeness (QED) is 0.577. The fourth-order valence-corrected chi connectivity index (χ4v) is 2.31. The Labute approximate surface area is 118 Å². The molecular weight excluding hydrogens is 274 g/mol. The van der Waals surface area contributed by atoms with Crippen molar-refractivity contribution >= 4 is 22.7 Å². The first-order chi connectivity index (χ1) is 9.72. The van der Waals surface area contributed by atoms with Gasteiger partial charge < -0.3 is 9.40 Å². The fourth-order valence-electron chi connectivity index (χ4n) is 1.93. The highest BCUT2D eigenvalue weighted by Gasteiger charge is 2.16. The van der Waals surface area contributed by atoms with Gasteiger partial charge >= 0.3 is 0 Å². The summed E-state index contributed by atoms with van der Waals surface area (Å²) in [5, 5.41) is 10.5. The van der Waals surface area contributed by atoms with Crippen LogP contribution in [0.1, 0.15) is 5.56 Å². The van der Waals surface area contributed by atoms with Gasteiger partial charge in [-0.2, -0.15) is 5.26 Å². The maximum atomic E-state index is 11.9. The number of hydrogen-bond acceptors (Lipinski definition) is 5. The first-order valence-electron chi connectivity index (χ1n) is 5.80. The summed E-state index contributed by atoms with van der Waals surface area (Å²) in [7, 11) is 0. The molecule has 20 heavy (non-hydrogen) atoms. The standard InChI is InChI=1S/C14H9N3O2S/c1-20-14-16-12(9(7-15)13(18)17-14)11-6-8-4-2-3-5-10(8)19-11/h2-6H,1H3,(H,16,17,18). The number of para-hydroxylation sites is 1. The van der Waals surface area contributed by atoms with E-state index in [1.165, 1.54) is 11.8 Å². The molecule has 1 N–H and O–H groups in total. The van der Waals surface area contributed by atoms with Gasteiger partial charge in [-0.1, -0.05) is 30.0 Å². The zero-order valence-electron chi connectivity index (χ0n) is 10.5. The molecule has 3 aromatic rings. The summed E-state index contributed by atoms with van der Waals surface area (Å²) in [6.45, 7) is 0. The average Bonchev–Trinajstić information content (AvgIpc) is 2.90. The molecule has 0 saturated heterocycles. The van der Waals surface area contributed by atoms with Crippen LogP contribution in [0.25, 0.3) is 22.4 Å². The molecule has 0 aliphatic carbocycles. The van der Waals surface area contributed by atoms with E-state index in [2.05, 4.69) is 9.97 Å². The number of aromatic amines is 1. The van der Waals surface area contributed by atoms with Crippen LogP contribution in [0, 0.1) is 11.3 Å². The second-order valence-electron chi connectivity index (χ2n) is 4.06. The van der Waals surface area contributed by atoms with Crippen molar-refractivity contribution in [3.05, 3.63) is 46.2 Å². The Bertz CT molecular complexity index is 856. The number of hydrogen-bond donors (Lipinski definition) is 1. The first-order valence-corrected chi connectivity index (χ1v) is 7.03. The number of furan rings is 1. The van der Waals surface area contributed by atoms with Gasteiger partial charge in [0.05, 0.1) is 0 Å². The summed E-state index contributed by atoms with van der Waals surface area (Å²) in [6, 6.07) is 11.1.